The van der Waals surface area contributed by atoms with Crippen LogP contribution in [0.1, 0.15) is 26.2 Å². The molecule has 0 aliphatic carbocycles. The number of nitrogens with two attached hydrogens (primary N) is 1. The summed E-state index contributed by atoms with van der Waals surface area (Å²) < 4.78 is 0. The number of hydrogen-bond donors (Lipinski definition) is 3. The predicted molar refractivity (Wildman–Crippen MR) is 92.1 cm³/mol. The number of carbonyl (C=O) groups excluding carboxylic acids is 1. The largest absolute Gasteiger partial charge is 0.339 e. The summed E-state index contributed by atoms with van der Waals surface area (Å²) in [5, 5.41) is 6.99. The second-order valence-electron chi connectivity index (χ2n) is 7.70. The Morgan fingerprint density at radius 2 is 1.83 bits per heavy atom. The van der Waals surface area contributed by atoms with Gasteiger partial charge in [-0.15, -0.1) is 0 Å². The van der Waals surface area contributed by atoms with Crippen molar-refractivity contribution in [1.29, 1.82) is 0 Å². The van der Waals surface area contributed by atoms with E-state index in [1.54, 1.807) is 0 Å². The molecule has 1 amide bonds. The first kappa shape index (κ1) is 17.1. The fourth-order valence-electron chi connectivity index (χ4n) is 4.59. The number of piperazine rings is 1. The average Bonchev–Trinajstić information content (AvgIpc) is 2.56. The average molecular weight is 323 g/mol. The van der Waals surface area contributed by atoms with Crippen molar-refractivity contribution < 1.29 is 4.79 Å². The van der Waals surface area contributed by atoms with Crippen molar-refractivity contribution in [1.82, 2.24) is 20.4 Å². The Morgan fingerprint density at radius 1 is 1.09 bits per heavy atom. The van der Waals surface area contributed by atoms with Gasteiger partial charge in [-0.1, -0.05) is 0 Å². The molecule has 5 atom stereocenters. The van der Waals surface area contributed by atoms with E-state index in [4.69, 9.17) is 5.73 Å². The number of hydrogen-bond acceptors (Lipinski definition) is 5. The Morgan fingerprint density at radius 3 is 2.48 bits per heavy atom. The van der Waals surface area contributed by atoms with Gasteiger partial charge >= 0.3 is 0 Å². The number of carbonyl (C=O) groups is 1. The summed E-state index contributed by atoms with van der Waals surface area (Å²) in [5.41, 5.74) is 6.33. The third-order valence-corrected chi connectivity index (χ3v) is 6.14. The molecule has 4 N–H and O–H groups in total. The normalized spacial score (nSPS) is 40.1. The van der Waals surface area contributed by atoms with Crippen molar-refractivity contribution in [3.63, 3.8) is 0 Å². The summed E-state index contributed by atoms with van der Waals surface area (Å²) in [6.07, 6.45) is 3.24. The summed E-state index contributed by atoms with van der Waals surface area (Å²) >= 11 is 0. The fourth-order valence-corrected chi connectivity index (χ4v) is 4.59. The molecule has 3 aliphatic heterocycles. The van der Waals surface area contributed by atoms with Gasteiger partial charge in [-0.05, 0) is 51.6 Å². The zero-order valence-corrected chi connectivity index (χ0v) is 14.6. The van der Waals surface area contributed by atoms with Crippen molar-refractivity contribution in [3.05, 3.63) is 0 Å². The van der Waals surface area contributed by atoms with E-state index in [9.17, 15) is 4.79 Å². The number of nitrogens with one attached hydrogen (secondary N) is 2. The Labute approximate surface area is 140 Å². The third kappa shape index (κ3) is 3.87. The van der Waals surface area contributed by atoms with Gasteiger partial charge in [-0.3, -0.25) is 4.79 Å². The minimum atomic E-state index is 0.00240. The summed E-state index contributed by atoms with van der Waals surface area (Å²) in [6, 6.07) is 0.629. The van der Waals surface area contributed by atoms with Crippen molar-refractivity contribution in [3.8, 4) is 0 Å². The van der Waals surface area contributed by atoms with Crippen molar-refractivity contribution in [2.45, 2.75) is 44.3 Å². The van der Waals surface area contributed by atoms with Gasteiger partial charge in [-0.25, -0.2) is 0 Å². The van der Waals surface area contributed by atoms with Crippen LogP contribution in [0.4, 0.5) is 0 Å². The lowest BCUT2D eigenvalue weighted by atomic mass is 9.73. The topological polar surface area (TPSA) is 73.6 Å². The molecule has 132 valence electrons. The molecule has 6 heteroatoms. The maximum Gasteiger partial charge on any atom is 0.239 e. The van der Waals surface area contributed by atoms with E-state index in [2.05, 4.69) is 29.5 Å². The molecule has 0 aromatic rings. The van der Waals surface area contributed by atoms with Crippen molar-refractivity contribution in [2.24, 2.45) is 17.6 Å². The van der Waals surface area contributed by atoms with E-state index >= 15 is 0 Å². The van der Waals surface area contributed by atoms with Gasteiger partial charge in [0.1, 0.15) is 0 Å². The first-order chi connectivity index (χ1) is 11.1. The van der Waals surface area contributed by atoms with Crippen LogP contribution in [-0.2, 0) is 4.79 Å². The Kier molecular flexibility index (Phi) is 5.57. The highest BCUT2D eigenvalue weighted by Gasteiger charge is 2.39. The standard InChI is InChI=1S/C17H33N5O/c1-12-13(14-5-6-19-11-15(14)18)3-4-16(20-12)17(23)22-9-7-21(2)8-10-22/h12-16,19-20H,3-11,18H2,1-2H3. The lowest BCUT2D eigenvalue weighted by molar-refractivity contribution is -0.136. The van der Waals surface area contributed by atoms with Crippen LogP contribution < -0.4 is 16.4 Å². The van der Waals surface area contributed by atoms with E-state index in [0.717, 1.165) is 58.5 Å². The monoisotopic (exact) mass is 323 g/mol. The molecule has 23 heavy (non-hydrogen) atoms. The zero-order valence-electron chi connectivity index (χ0n) is 14.6. The predicted octanol–water partition coefficient (Wildman–Crippen LogP) is -0.546. The van der Waals surface area contributed by atoms with E-state index in [-0.39, 0.29) is 12.1 Å². The van der Waals surface area contributed by atoms with E-state index in [1.165, 1.54) is 0 Å². The molecule has 0 aromatic carbocycles. The lowest BCUT2D eigenvalue weighted by Crippen LogP contribution is -2.60. The molecular weight excluding hydrogens is 290 g/mol. The van der Waals surface area contributed by atoms with Gasteiger partial charge in [0.2, 0.25) is 5.91 Å². The first-order valence-electron chi connectivity index (χ1n) is 9.26. The zero-order chi connectivity index (χ0) is 16.4. The molecule has 0 bridgehead atoms. The summed E-state index contributed by atoms with van der Waals surface area (Å²) in [6.45, 7) is 7.95. The van der Waals surface area contributed by atoms with E-state index in [0.29, 0.717) is 23.8 Å². The molecule has 5 unspecified atom stereocenters. The minimum absolute atomic E-state index is 0.00240. The number of piperidine rings is 2. The number of likely N-dealkylation sites (N-methyl/N-ethyl adjacent to an activating group) is 1. The second kappa shape index (κ2) is 7.47. The van der Waals surface area contributed by atoms with Crippen LogP contribution in [0.25, 0.3) is 0 Å². The molecule has 0 radical (unpaired) electrons. The lowest BCUT2D eigenvalue weighted by Gasteiger charge is -2.44. The number of nitrogens with zero attached hydrogens (tertiary/aromatic N) is 2. The quantitative estimate of drug-likeness (QED) is 0.636. The Balaban J connectivity index is 1.54. The summed E-state index contributed by atoms with van der Waals surface area (Å²) in [5.74, 6) is 1.49. The molecule has 6 nitrogen and oxygen atoms in total. The van der Waals surface area contributed by atoms with Gasteiger partial charge in [-0.2, -0.15) is 0 Å². The maximum absolute atomic E-state index is 12.8. The first-order valence-corrected chi connectivity index (χ1v) is 9.26. The van der Waals surface area contributed by atoms with E-state index < -0.39 is 0 Å². The van der Waals surface area contributed by atoms with Crippen LogP contribution in [0, 0.1) is 11.8 Å². The van der Waals surface area contributed by atoms with Crippen LogP contribution in [0.15, 0.2) is 0 Å². The van der Waals surface area contributed by atoms with E-state index in [1.807, 2.05) is 4.90 Å². The molecule has 3 saturated heterocycles. The molecule has 0 spiro atoms. The summed E-state index contributed by atoms with van der Waals surface area (Å²) in [4.78, 5) is 17.1. The van der Waals surface area contributed by atoms with Crippen molar-refractivity contribution in [2.75, 3.05) is 46.3 Å². The Bertz CT molecular complexity index is 410. The molecule has 0 saturated carbocycles. The highest BCUT2D eigenvalue weighted by Crippen LogP contribution is 2.32. The van der Waals surface area contributed by atoms with Gasteiger partial charge in [0, 0.05) is 44.8 Å². The molecule has 3 aliphatic rings. The van der Waals surface area contributed by atoms with Crippen molar-refractivity contribution >= 4 is 5.91 Å². The maximum atomic E-state index is 12.8. The van der Waals surface area contributed by atoms with Gasteiger partial charge in [0.25, 0.3) is 0 Å². The third-order valence-electron chi connectivity index (χ3n) is 6.14. The second-order valence-corrected chi connectivity index (χ2v) is 7.70. The van der Waals surface area contributed by atoms with Crippen LogP contribution in [0.2, 0.25) is 0 Å². The highest BCUT2D eigenvalue weighted by molar-refractivity contribution is 5.82. The molecule has 0 aromatic heterocycles. The summed E-state index contributed by atoms with van der Waals surface area (Å²) in [7, 11) is 2.12. The van der Waals surface area contributed by atoms with Gasteiger partial charge in [0.05, 0.1) is 6.04 Å². The molecule has 3 rings (SSSR count). The van der Waals surface area contributed by atoms with Gasteiger partial charge < -0.3 is 26.2 Å². The number of amides is 1. The number of rotatable bonds is 2. The van der Waals surface area contributed by atoms with Crippen LogP contribution in [-0.4, -0.2) is 80.1 Å². The minimum Gasteiger partial charge on any atom is -0.339 e. The fraction of sp³-hybridized carbons (Fsp3) is 0.941. The Hall–Kier alpha value is -0.690. The van der Waals surface area contributed by atoms with Gasteiger partial charge in [0.15, 0.2) is 0 Å². The molecule has 3 heterocycles. The van der Waals surface area contributed by atoms with Crippen LogP contribution in [0.3, 0.4) is 0 Å². The smallest absolute Gasteiger partial charge is 0.239 e. The van der Waals surface area contributed by atoms with Crippen LogP contribution in [0.5, 0.6) is 0 Å². The molecular formula is C17H33N5O. The molecule has 3 fully saturated rings. The van der Waals surface area contributed by atoms with Crippen LogP contribution >= 0.6 is 0 Å². The SMILES string of the molecule is CC1NC(C(=O)N2CCN(C)CC2)CCC1C1CCNCC1N. The highest BCUT2D eigenvalue weighted by atomic mass is 16.2.